The van der Waals surface area contributed by atoms with Gasteiger partial charge in [0, 0.05) is 31.7 Å². The van der Waals surface area contributed by atoms with Crippen LogP contribution in [-0.4, -0.2) is 57.2 Å². The van der Waals surface area contributed by atoms with Crippen molar-refractivity contribution < 1.29 is 4.79 Å². The van der Waals surface area contributed by atoms with Crippen molar-refractivity contribution in [3.8, 4) is 11.4 Å². The minimum atomic E-state index is 0.0534. The molecular formula is C14H18N6O. The van der Waals surface area contributed by atoms with Gasteiger partial charge >= 0.3 is 0 Å². The van der Waals surface area contributed by atoms with Crippen LogP contribution in [0.3, 0.4) is 0 Å². The molecular weight excluding hydrogens is 268 g/mol. The molecule has 1 aliphatic rings. The van der Waals surface area contributed by atoms with E-state index in [1.807, 2.05) is 36.1 Å². The number of hydrogen-bond acceptors (Lipinski definition) is 5. The molecule has 1 fully saturated rings. The van der Waals surface area contributed by atoms with Crippen LogP contribution >= 0.6 is 0 Å². The molecule has 0 aliphatic carbocycles. The molecule has 3 rings (SSSR count). The Labute approximate surface area is 122 Å². The lowest BCUT2D eigenvalue weighted by Crippen LogP contribution is -2.47. The van der Waals surface area contributed by atoms with Gasteiger partial charge in [-0.05, 0) is 23.4 Å². The third-order valence-electron chi connectivity index (χ3n) is 3.56. The molecule has 1 aromatic heterocycles. The topological polar surface area (TPSA) is 75.9 Å². The van der Waals surface area contributed by atoms with Crippen molar-refractivity contribution in [2.75, 3.05) is 26.2 Å². The lowest BCUT2D eigenvalue weighted by atomic mass is 10.1. The molecule has 2 aromatic rings. The summed E-state index contributed by atoms with van der Waals surface area (Å²) in [6.45, 7) is 5.35. The number of nitrogens with one attached hydrogen (secondary N) is 1. The number of aromatic nitrogens is 4. The number of hydrogen-bond donors (Lipinski definition) is 1. The number of rotatable bonds is 3. The molecule has 1 N–H and O–H groups in total. The molecule has 0 unspecified atom stereocenters. The summed E-state index contributed by atoms with van der Waals surface area (Å²) in [6, 6.07) is 7.94. The number of piperazine rings is 1. The molecule has 0 bridgehead atoms. The first-order valence-corrected chi connectivity index (χ1v) is 7.06. The van der Waals surface area contributed by atoms with Crippen molar-refractivity contribution in [3.05, 3.63) is 29.8 Å². The fourth-order valence-corrected chi connectivity index (χ4v) is 2.44. The van der Waals surface area contributed by atoms with E-state index in [0.717, 1.165) is 37.3 Å². The van der Waals surface area contributed by atoms with Crippen molar-refractivity contribution in [2.45, 2.75) is 13.5 Å². The van der Waals surface area contributed by atoms with Gasteiger partial charge in [0.25, 0.3) is 0 Å². The maximum Gasteiger partial charge on any atom is 0.244 e. The molecule has 0 radical (unpaired) electrons. The maximum atomic E-state index is 12.3. The fourth-order valence-electron chi connectivity index (χ4n) is 2.44. The van der Waals surface area contributed by atoms with Crippen LogP contribution in [0.15, 0.2) is 24.3 Å². The molecule has 7 heteroatoms. The maximum absolute atomic E-state index is 12.3. The number of carbonyl (C=O) groups excluding carboxylic acids is 1. The van der Waals surface area contributed by atoms with Crippen LogP contribution in [0.25, 0.3) is 11.4 Å². The number of nitrogens with zero attached hydrogens (tertiary/aromatic N) is 5. The fraction of sp³-hybridized carbons (Fsp3) is 0.429. The van der Waals surface area contributed by atoms with Crippen LogP contribution < -0.4 is 5.32 Å². The van der Waals surface area contributed by atoms with Crippen LogP contribution in [0.5, 0.6) is 0 Å². The number of benzene rings is 1. The molecule has 2 heterocycles. The molecule has 1 aliphatic heterocycles. The molecule has 7 nitrogen and oxygen atoms in total. The number of amides is 1. The quantitative estimate of drug-likeness (QED) is 0.865. The van der Waals surface area contributed by atoms with E-state index < -0.39 is 0 Å². The Hall–Kier alpha value is -2.28. The molecule has 1 amide bonds. The predicted octanol–water partition coefficient (Wildman–Crippen LogP) is 0.0803. The molecule has 21 heavy (non-hydrogen) atoms. The Kier molecular flexibility index (Phi) is 3.92. The van der Waals surface area contributed by atoms with Gasteiger partial charge in [-0.25, -0.2) is 4.68 Å². The van der Waals surface area contributed by atoms with Gasteiger partial charge in [-0.2, -0.15) is 0 Å². The first kappa shape index (κ1) is 13.7. The Morgan fingerprint density at radius 1 is 1.33 bits per heavy atom. The van der Waals surface area contributed by atoms with Crippen molar-refractivity contribution >= 4 is 5.91 Å². The predicted molar refractivity (Wildman–Crippen MR) is 77.4 cm³/mol. The van der Waals surface area contributed by atoms with E-state index in [-0.39, 0.29) is 12.5 Å². The normalized spacial score (nSPS) is 15.2. The minimum Gasteiger partial charge on any atom is -0.339 e. The van der Waals surface area contributed by atoms with Crippen LogP contribution in [-0.2, 0) is 11.3 Å². The average Bonchev–Trinajstić information content (AvgIpc) is 2.96. The van der Waals surface area contributed by atoms with Gasteiger partial charge in [-0.3, -0.25) is 4.79 Å². The summed E-state index contributed by atoms with van der Waals surface area (Å²) in [5.74, 6) is 0.680. The monoisotopic (exact) mass is 286 g/mol. The van der Waals surface area contributed by atoms with Gasteiger partial charge in [-0.15, -0.1) is 5.10 Å². The summed E-state index contributed by atoms with van der Waals surface area (Å²) in [7, 11) is 0. The number of aryl methyl sites for hydroxylation is 1. The molecule has 110 valence electrons. The van der Waals surface area contributed by atoms with Gasteiger partial charge in [0.1, 0.15) is 6.54 Å². The molecule has 0 saturated carbocycles. The van der Waals surface area contributed by atoms with Crippen molar-refractivity contribution in [1.29, 1.82) is 0 Å². The lowest BCUT2D eigenvalue weighted by Gasteiger charge is -2.27. The Morgan fingerprint density at radius 3 is 2.90 bits per heavy atom. The van der Waals surface area contributed by atoms with Crippen molar-refractivity contribution in [2.24, 2.45) is 0 Å². The van der Waals surface area contributed by atoms with E-state index in [4.69, 9.17) is 0 Å². The first-order valence-electron chi connectivity index (χ1n) is 7.06. The lowest BCUT2D eigenvalue weighted by molar-refractivity contribution is -0.132. The summed E-state index contributed by atoms with van der Waals surface area (Å²) >= 11 is 0. The second kappa shape index (κ2) is 6.01. The Bertz CT molecular complexity index is 632. The molecule has 0 atom stereocenters. The number of carbonyl (C=O) groups is 1. The van der Waals surface area contributed by atoms with Crippen LogP contribution in [0.1, 0.15) is 5.56 Å². The molecule has 1 aromatic carbocycles. The van der Waals surface area contributed by atoms with E-state index in [2.05, 4.69) is 20.8 Å². The molecule has 0 spiro atoms. The first-order chi connectivity index (χ1) is 10.2. The van der Waals surface area contributed by atoms with E-state index in [1.54, 1.807) is 4.68 Å². The summed E-state index contributed by atoms with van der Waals surface area (Å²) in [6.07, 6.45) is 0. The van der Waals surface area contributed by atoms with E-state index in [1.165, 1.54) is 0 Å². The van der Waals surface area contributed by atoms with Gasteiger partial charge in [0.15, 0.2) is 5.82 Å². The van der Waals surface area contributed by atoms with Gasteiger partial charge in [0.2, 0.25) is 5.91 Å². The van der Waals surface area contributed by atoms with E-state index in [0.29, 0.717) is 5.82 Å². The van der Waals surface area contributed by atoms with E-state index >= 15 is 0 Å². The highest BCUT2D eigenvalue weighted by atomic mass is 16.2. The van der Waals surface area contributed by atoms with Gasteiger partial charge in [0.05, 0.1) is 0 Å². The van der Waals surface area contributed by atoms with Crippen LogP contribution in [0, 0.1) is 6.92 Å². The summed E-state index contributed by atoms with van der Waals surface area (Å²) < 4.78 is 1.57. The zero-order chi connectivity index (χ0) is 14.7. The third kappa shape index (κ3) is 3.08. The Morgan fingerprint density at radius 2 is 2.14 bits per heavy atom. The van der Waals surface area contributed by atoms with E-state index in [9.17, 15) is 4.79 Å². The zero-order valence-electron chi connectivity index (χ0n) is 12.0. The second-order valence-corrected chi connectivity index (χ2v) is 5.16. The molecule has 1 saturated heterocycles. The zero-order valence-corrected chi connectivity index (χ0v) is 12.0. The number of tetrazole rings is 1. The summed E-state index contributed by atoms with van der Waals surface area (Å²) in [5, 5.41) is 14.9. The second-order valence-electron chi connectivity index (χ2n) is 5.16. The van der Waals surface area contributed by atoms with Gasteiger partial charge < -0.3 is 10.2 Å². The minimum absolute atomic E-state index is 0.0534. The van der Waals surface area contributed by atoms with Crippen molar-refractivity contribution in [3.63, 3.8) is 0 Å². The van der Waals surface area contributed by atoms with Crippen LogP contribution in [0.4, 0.5) is 0 Å². The smallest absolute Gasteiger partial charge is 0.244 e. The summed E-state index contributed by atoms with van der Waals surface area (Å²) in [4.78, 5) is 14.1. The largest absolute Gasteiger partial charge is 0.339 e. The highest BCUT2D eigenvalue weighted by Gasteiger charge is 2.19. The van der Waals surface area contributed by atoms with Gasteiger partial charge in [-0.1, -0.05) is 23.8 Å². The highest BCUT2D eigenvalue weighted by molar-refractivity contribution is 5.76. The van der Waals surface area contributed by atoms with Crippen molar-refractivity contribution in [1.82, 2.24) is 30.4 Å². The Balaban J connectivity index is 1.78. The standard InChI is InChI=1S/C14H18N6O/c1-11-3-2-4-12(9-11)14-16-17-18-20(14)10-13(21)19-7-5-15-6-8-19/h2-4,9,15H,5-8,10H2,1H3. The third-order valence-corrected chi connectivity index (χ3v) is 3.56. The SMILES string of the molecule is Cc1cccc(-c2nnnn2CC(=O)N2CCNCC2)c1. The highest BCUT2D eigenvalue weighted by Crippen LogP contribution is 2.17. The van der Waals surface area contributed by atoms with Crippen LogP contribution in [0.2, 0.25) is 0 Å². The average molecular weight is 286 g/mol. The summed E-state index contributed by atoms with van der Waals surface area (Å²) in [5.41, 5.74) is 2.06.